The normalized spacial score (nSPS) is 10.3. The van der Waals surface area contributed by atoms with Gasteiger partial charge in [0, 0.05) is 21.3 Å². The Bertz CT molecular complexity index is 656. The molecule has 5 heteroatoms. The van der Waals surface area contributed by atoms with E-state index in [-0.39, 0.29) is 0 Å². The Hall–Kier alpha value is -1.71. The molecule has 0 aromatic heterocycles. The van der Waals surface area contributed by atoms with Crippen molar-refractivity contribution in [2.75, 3.05) is 12.3 Å². The van der Waals surface area contributed by atoms with Gasteiger partial charge >= 0.3 is 5.97 Å². The van der Waals surface area contributed by atoms with E-state index in [0.717, 1.165) is 11.1 Å². The van der Waals surface area contributed by atoms with Gasteiger partial charge in [-0.15, -0.1) is 0 Å². The first-order valence-electron chi connectivity index (χ1n) is 6.05. The molecule has 2 aromatic carbocycles. The molecule has 3 nitrogen and oxygen atoms in total. The van der Waals surface area contributed by atoms with Crippen LogP contribution in [0, 0.1) is 0 Å². The summed E-state index contributed by atoms with van der Waals surface area (Å²) in [7, 11) is 0. The Balaban J connectivity index is 2.40. The molecule has 0 aliphatic heterocycles. The third-order valence-electron chi connectivity index (χ3n) is 2.79. The molecule has 0 aliphatic carbocycles. The lowest BCUT2D eigenvalue weighted by Gasteiger charge is -2.09. The summed E-state index contributed by atoms with van der Waals surface area (Å²) in [6.45, 7) is 2.05. The number of carbonyl (C=O) groups is 1. The van der Waals surface area contributed by atoms with Gasteiger partial charge in [0.1, 0.15) is 0 Å². The van der Waals surface area contributed by atoms with Gasteiger partial charge in [-0.05, 0) is 36.8 Å². The minimum absolute atomic E-state index is 0.309. The molecule has 0 heterocycles. The summed E-state index contributed by atoms with van der Waals surface area (Å²) >= 11 is 12.0. The van der Waals surface area contributed by atoms with Gasteiger partial charge in [-0.1, -0.05) is 35.3 Å². The third kappa shape index (κ3) is 3.06. The lowest BCUT2D eigenvalue weighted by Crippen LogP contribution is -2.07. The zero-order chi connectivity index (χ0) is 14.7. The number of carbonyl (C=O) groups excluding carboxylic acids is 1. The first kappa shape index (κ1) is 14.7. The Labute approximate surface area is 127 Å². The number of rotatable bonds is 3. The van der Waals surface area contributed by atoms with Crippen LogP contribution in [0.1, 0.15) is 17.3 Å². The average molecular weight is 310 g/mol. The number of hydrogen-bond donors (Lipinski definition) is 1. The van der Waals surface area contributed by atoms with E-state index >= 15 is 0 Å². The molecule has 0 atom stereocenters. The molecule has 2 N–H and O–H groups in total. The highest BCUT2D eigenvalue weighted by Gasteiger charge is 2.12. The number of halogens is 2. The summed E-state index contributed by atoms with van der Waals surface area (Å²) in [4.78, 5) is 11.7. The Morgan fingerprint density at radius 3 is 2.55 bits per heavy atom. The van der Waals surface area contributed by atoms with Gasteiger partial charge in [-0.2, -0.15) is 0 Å². The predicted molar refractivity (Wildman–Crippen MR) is 82.3 cm³/mol. The summed E-state index contributed by atoms with van der Waals surface area (Å²) in [6, 6.07) is 10.3. The second-order valence-corrected chi connectivity index (χ2v) is 4.99. The van der Waals surface area contributed by atoms with E-state index in [9.17, 15) is 4.79 Å². The molecule has 0 unspecified atom stereocenters. The number of esters is 1. The lowest BCUT2D eigenvalue weighted by atomic mass is 10.0. The summed E-state index contributed by atoms with van der Waals surface area (Å²) in [6.07, 6.45) is 0. The fourth-order valence-electron chi connectivity index (χ4n) is 1.85. The Morgan fingerprint density at radius 2 is 1.95 bits per heavy atom. The van der Waals surface area contributed by atoms with Gasteiger partial charge in [-0.25, -0.2) is 4.79 Å². The smallest absolute Gasteiger partial charge is 0.340 e. The van der Waals surface area contributed by atoms with Crippen molar-refractivity contribution in [2.24, 2.45) is 0 Å². The molecule has 0 saturated carbocycles. The van der Waals surface area contributed by atoms with Gasteiger partial charge in [-0.3, -0.25) is 0 Å². The highest BCUT2D eigenvalue weighted by Crippen LogP contribution is 2.32. The molecule has 2 rings (SSSR count). The summed E-state index contributed by atoms with van der Waals surface area (Å²) < 4.78 is 4.93. The minimum atomic E-state index is -0.432. The van der Waals surface area contributed by atoms with Gasteiger partial charge in [0.05, 0.1) is 12.2 Å². The number of nitrogens with two attached hydrogens (primary N) is 1. The maximum absolute atomic E-state index is 11.7. The molecule has 0 radical (unpaired) electrons. The molecule has 104 valence electrons. The number of hydrogen-bond acceptors (Lipinski definition) is 3. The fourth-order valence-corrected chi connectivity index (χ4v) is 2.37. The van der Waals surface area contributed by atoms with E-state index in [4.69, 9.17) is 33.7 Å². The standard InChI is InChI=1S/C15H13Cl2NO2/c1-2-20-15(19)12-5-3-9(7-14(12)18)11-6-4-10(16)8-13(11)17/h3-8H,2,18H2,1H3. The van der Waals surface area contributed by atoms with Crippen LogP contribution in [0.2, 0.25) is 10.0 Å². The third-order valence-corrected chi connectivity index (χ3v) is 3.34. The molecular weight excluding hydrogens is 297 g/mol. The maximum Gasteiger partial charge on any atom is 0.340 e. The lowest BCUT2D eigenvalue weighted by molar-refractivity contribution is 0.0527. The van der Waals surface area contributed by atoms with Gasteiger partial charge < -0.3 is 10.5 Å². The summed E-state index contributed by atoms with van der Waals surface area (Å²) in [5.74, 6) is -0.432. The number of benzene rings is 2. The van der Waals surface area contributed by atoms with Crippen molar-refractivity contribution in [2.45, 2.75) is 6.92 Å². The highest BCUT2D eigenvalue weighted by atomic mass is 35.5. The van der Waals surface area contributed by atoms with Crippen molar-refractivity contribution >= 4 is 34.9 Å². The van der Waals surface area contributed by atoms with Crippen LogP contribution in [-0.2, 0) is 4.74 Å². The molecular formula is C15H13Cl2NO2. The van der Waals surface area contributed by atoms with E-state index in [0.29, 0.717) is 27.9 Å². The van der Waals surface area contributed by atoms with E-state index in [1.807, 2.05) is 6.07 Å². The van der Waals surface area contributed by atoms with Crippen LogP contribution in [0.25, 0.3) is 11.1 Å². The summed E-state index contributed by atoms with van der Waals surface area (Å²) in [5.41, 5.74) is 8.22. The molecule has 0 amide bonds. The molecule has 20 heavy (non-hydrogen) atoms. The molecule has 0 bridgehead atoms. The number of anilines is 1. The Morgan fingerprint density at radius 1 is 1.20 bits per heavy atom. The van der Waals surface area contributed by atoms with Crippen molar-refractivity contribution in [1.82, 2.24) is 0 Å². The van der Waals surface area contributed by atoms with Crippen molar-refractivity contribution in [3.63, 3.8) is 0 Å². The second-order valence-electron chi connectivity index (χ2n) is 4.15. The van der Waals surface area contributed by atoms with E-state index in [2.05, 4.69) is 0 Å². The molecule has 0 aliphatic rings. The SMILES string of the molecule is CCOC(=O)c1ccc(-c2ccc(Cl)cc2Cl)cc1N. The van der Waals surface area contributed by atoms with Crippen molar-refractivity contribution in [1.29, 1.82) is 0 Å². The summed E-state index contributed by atoms with van der Waals surface area (Å²) in [5, 5.41) is 1.09. The van der Waals surface area contributed by atoms with Crippen LogP contribution in [0.3, 0.4) is 0 Å². The largest absolute Gasteiger partial charge is 0.462 e. The quantitative estimate of drug-likeness (QED) is 0.674. The monoisotopic (exact) mass is 309 g/mol. The maximum atomic E-state index is 11.7. The molecule has 0 fully saturated rings. The van der Waals surface area contributed by atoms with Crippen LogP contribution in [0.4, 0.5) is 5.69 Å². The zero-order valence-corrected chi connectivity index (χ0v) is 12.3. The van der Waals surface area contributed by atoms with E-state index < -0.39 is 5.97 Å². The highest BCUT2D eigenvalue weighted by molar-refractivity contribution is 6.36. The zero-order valence-electron chi connectivity index (χ0n) is 10.8. The molecule has 0 spiro atoms. The average Bonchev–Trinajstić information content (AvgIpc) is 2.38. The van der Waals surface area contributed by atoms with Gasteiger partial charge in [0.15, 0.2) is 0 Å². The van der Waals surface area contributed by atoms with Crippen molar-refractivity contribution in [3.05, 3.63) is 52.0 Å². The van der Waals surface area contributed by atoms with Crippen LogP contribution in [0.5, 0.6) is 0 Å². The predicted octanol–water partition coefficient (Wildman–Crippen LogP) is 4.42. The van der Waals surface area contributed by atoms with E-state index in [1.165, 1.54) is 0 Å². The topological polar surface area (TPSA) is 52.3 Å². The Kier molecular flexibility index (Phi) is 4.53. The van der Waals surface area contributed by atoms with Crippen molar-refractivity contribution < 1.29 is 9.53 Å². The van der Waals surface area contributed by atoms with Gasteiger partial charge in [0.2, 0.25) is 0 Å². The van der Waals surface area contributed by atoms with Crippen LogP contribution in [0.15, 0.2) is 36.4 Å². The first-order valence-corrected chi connectivity index (χ1v) is 6.80. The fraction of sp³-hybridized carbons (Fsp3) is 0.133. The van der Waals surface area contributed by atoms with E-state index in [1.54, 1.807) is 37.3 Å². The van der Waals surface area contributed by atoms with Crippen LogP contribution in [-0.4, -0.2) is 12.6 Å². The minimum Gasteiger partial charge on any atom is -0.462 e. The second kappa shape index (κ2) is 6.16. The van der Waals surface area contributed by atoms with Crippen molar-refractivity contribution in [3.8, 4) is 11.1 Å². The number of ether oxygens (including phenoxy) is 1. The van der Waals surface area contributed by atoms with Crippen LogP contribution < -0.4 is 5.73 Å². The first-order chi connectivity index (χ1) is 9.52. The molecule has 2 aromatic rings. The molecule has 0 saturated heterocycles. The van der Waals surface area contributed by atoms with Crippen LogP contribution >= 0.6 is 23.2 Å². The van der Waals surface area contributed by atoms with Gasteiger partial charge in [0.25, 0.3) is 0 Å². The number of nitrogen functional groups attached to an aromatic ring is 1.